The Morgan fingerprint density at radius 2 is 2.08 bits per heavy atom. The molecule has 140 valence electrons. The summed E-state index contributed by atoms with van der Waals surface area (Å²) in [4.78, 5) is 10.1. The summed E-state index contributed by atoms with van der Waals surface area (Å²) in [7, 11) is 0. The minimum atomic E-state index is -0.695. The third-order valence-corrected chi connectivity index (χ3v) is 5.53. The Morgan fingerprint density at radius 1 is 1.27 bits per heavy atom. The van der Waals surface area contributed by atoms with Crippen LogP contribution in [0.4, 0.5) is 0 Å². The van der Waals surface area contributed by atoms with E-state index in [4.69, 9.17) is 0 Å². The van der Waals surface area contributed by atoms with E-state index in [0.29, 0.717) is 13.1 Å². The molecule has 1 aromatic carbocycles. The minimum Gasteiger partial charge on any atom is -0.387 e. The molecular formula is C18H22Cl2N4OS. The third-order valence-electron chi connectivity index (χ3n) is 4.50. The number of rotatable bonds is 4. The van der Waals surface area contributed by atoms with Crippen LogP contribution in [-0.4, -0.2) is 38.3 Å². The smallest absolute Gasteiger partial charge is 0.151 e. The molecule has 0 spiro atoms. The molecule has 3 aromatic rings. The van der Waals surface area contributed by atoms with Gasteiger partial charge in [-0.1, -0.05) is 24.3 Å². The first-order valence-electron chi connectivity index (χ1n) is 8.11. The lowest BCUT2D eigenvalue weighted by Crippen LogP contribution is -2.36. The predicted octanol–water partition coefficient (Wildman–Crippen LogP) is 3.55. The van der Waals surface area contributed by atoms with Gasteiger partial charge in [-0.05, 0) is 25.5 Å². The summed E-state index contributed by atoms with van der Waals surface area (Å²) in [6, 6.07) is 8.26. The fraction of sp³-hybridized carbons (Fsp3) is 0.333. The SMILES string of the molecule is Cc1ccccc1-c1ncc(-c2nccn2CC2(O)CCNC2)s1.Cl.Cl. The maximum Gasteiger partial charge on any atom is 0.151 e. The minimum absolute atomic E-state index is 0. The number of aromatic nitrogens is 3. The lowest BCUT2D eigenvalue weighted by atomic mass is 10.0. The summed E-state index contributed by atoms with van der Waals surface area (Å²) >= 11 is 1.64. The molecule has 1 saturated heterocycles. The van der Waals surface area contributed by atoms with E-state index in [9.17, 15) is 5.11 Å². The molecule has 1 aliphatic rings. The summed E-state index contributed by atoms with van der Waals surface area (Å²) < 4.78 is 2.03. The van der Waals surface area contributed by atoms with E-state index >= 15 is 0 Å². The van der Waals surface area contributed by atoms with Gasteiger partial charge in [-0.3, -0.25) is 0 Å². The first-order valence-corrected chi connectivity index (χ1v) is 8.93. The van der Waals surface area contributed by atoms with Gasteiger partial charge in [-0.15, -0.1) is 36.2 Å². The Balaban J connectivity index is 0.00000121. The lowest BCUT2D eigenvalue weighted by molar-refractivity contribution is 0.0436. The molecule has 1 unspecified atom stereocenters. The van der Waals surface area contributed by atoms with Gasteiger partial charge in [-0.2, -0.15) is 0 Å². The number of hydrogen-bond acceptors (Lipinski definition) is 5. The molecule has 8 heteroatoms. The van der Waals surface area contributed by atoms with E-state index < -0.39 is 5.60 Å². The van der Waals surface area contributed by atoms with Crippen molar-refractivity contribution in [2.24, 2.45) is 0 Å². The molecule has 4 rings (SSSR count). The quantitative estimate of drug-likeness (QED) is 0.687. The first kappa shape index (κ1) is 20.9. The predicted molar refractivity (Wildman–Crippen MR) is 110 cm³/mol. The number of benzene rings is 1. The van der Waals surface area contributed by atoms with Crippen LogP contribution in [-0.2, 0) is 6.54 Å². The third kappa shape index (κ3) is 4.10. The van der Waals surface area contributed by atoms with Gasteiger partial charge in [0.25, 0.3) is 0 Å². The molecule has 1 aliphatic heterocycles. The van der Waals surface area contributed by atoms with Gasteiger partial charge in [0.1, 0.15) is 5.01 Å². The van der Waals surface area contributed by atoms with Gasteiger partial charge in [-0.25, -0.2) is 9.97 Å². The average Bonchev–Trinajstić information content (AvgIpc) is 3.29. The summed E-state index contributed by atoms with van der Waals surface area (Å²) in [5.41, 5.74) is 1.68. The van der Waals surface area contributed by atoms with Crippen LogP contribution in [0.3, 0.4) is 0 Å². The maximum absolute atomic E-state index is 10.6. The van der Waals surface area contributed by atoms with Gasteiger partial charge in [0.05, 0.1) is 17.0 Å². The van der Waals surface area contributed by atoms with Crippen LogP contribution in [0.2, 0.25) is 0 Å². The molecule has 26 heavy (non-hydrogen) atoms. The maximum atomic E-state index is 10.6. The lowest BCUT2D eigenvalue weighted by Gasteiger charge is -2.22. The van der Waals surface area contributed by atoms with Crippen molar-refractivity contribution in [1.29, 1.82) is 0 Å². The Hall–Kier alpha value is -1.44. The zero-order chi connectivity index (χ0) is 16.6. The number of imidazole rings is 1. The normalized spacial score (nSPS) is 19.0. The highest BCUT2D eigenvalue weighted by Gasteiger charge is 2.32. The van der Waals surface area contributed by atoms with Gasteiger partial charge < -0.3 is 15.0 Å². The highest BCUT2D eigenvalue weighted by Crippen LogP contribution is 2.33. The van der Waals surface area contributed by atoms with Crippen molar-refractivity contribution in [3.8, 4) is 21.3 Å². The van der Waals surface area contributed by atoms with Gasteiger partial charge in [0.15, 0.2) is 5.82 Å². The second-order valence-electron chi connectivity index (χ2n) is 6.37. The molecular weight excluding hydrogens is 391 g/mol. The zero-order valence-corrected chi connectivity index (χ0v) is 16.8. The summed E-state index contributed by atoms with van der Waals surface area (Å²) in [6.07, 6.45) is 6.36. The summed E-state index contributed by atoms with van der Waals surface area (Å²) in [5, 5.41) is 14.9. The van der Waals surface area contributed by atoms with Crippen molar-refractivity contribution < 1.29 is 5.11 Å². The molecule has 2 N–H and O–H groups in total. The summed E-state index contributed by atoms with van der Waals surface area (Å²) in [6.45, 7) is 4.13. The number of nitrogens with zero attached hydrogens (tertiary/aromatic N) is 3. The number of hydrogen-bond donors (Lipinski definition) is 2. The Morgan fingerprint density at radius 3 is 2.81 bits per heavy atom. The van der Waals surface area contributed by atoms with E-state index in [-0.39, 0.29) is 24.8 Å². The second-order valence-corrected chi connectivity index (χ2v) is 7.41. The van der Waals surface area contributed by atoms with Gasteiger partial charge >= 0.3 is 0 Å². The molecule has 0 radical (unpaired) electrons. The molecule has 5 nitrogen and oxygen atoms in total. The monoisotopic (exact) mass is 412 g/mol. The van der Waals surface area contributed by atoms with E-state index in [0.717, 1.165) is 34.2 Å². The van der Waals surface area contributed by atoms with Crippen molar-refractivity contribution in [2.45, 2.75) is 25.5 Å². The number of halogens is 2. The number of aryl methyl sites for hydroxylation is 1. The number of thiazole rings is 1. The van der Waals surface area contributed by atoms with Crippen LogP contribution in [0.5, 0.6) is 0 Å². The average molecular weight is 413 g/mol. The standard InChI is InChI=1S/C18H20N4OS.2ClH/c1-13-4-2-3-5-14(13)17-21-10-15(24-17)16-20-8-9-22(16)12-18(23)6-7-19-11-18;;/h2-5,8-10,19,23H,6-7,11-12H2,1H3;2*1H. The number of nitrogens with one attached hydrogen (secondary N) is 1. The Kier molecular flexibility index (Phi) is 6.82. The Labute approximate surface area is 169 Å². The van der Waals surface area contributed by atoms with Gasteiger partial charge in [0, 0.05) is 30.7 Å². The van der Waals surface area contributed by atoms with Crippen molar-refractivity contribution in [3.63, 3.8) is 0 Å². The molecule has 0 amide bonds. The highest BCUT2D eigenvalue weighted by atomic mass is 35.5. The molecule has 0 saturated carbocycles. The van der Waals surface area contributed by atoms with Crippen molar-refractivity contribution >= 4 is 36.2 Å². The van der Waals surface area contributed by atoms with Gasteiger partial charge in [0.2, 0.25) is 0 Å². The topological polar surface area (TPSA) is 63.0 Å². The Bertz CT molecular complexity index is 858. The van der Waals surface area contributed by atoms with Crippen LogP contribution in [0, 0.1) is 6.92 Å². The van der Waals surface area contributed by atoms with Crippen molar-refractivity contribution in [1.82, 2.24) is 19.9 Å². The summed E-state index contributed by atoms with van der Waals surface area (Å²) in [5.74, 6) is 0.868. The van der Waals surface area contributed by atoms with E-state index in [2.05, 4.69) is 34.3 Å². The van der Waals surface area contributed by atoms with Crippen molar-refractivity contribution in [2.75, 3.05) is 13.1 Å². The molecule has 0 bridgehead atoms. The van der Waals surface area contributed by atoms with Crippen LogP contribution < -0.4 is 5.32 Å². The fourth-order valence-corrected chi connectivity index (χ4v) is 4.18. The van der Waals surface area contributed by atoms with E-state index in [1.165, 1.54) is 5.56 Å². The fourth-order valence-electron chi connectivity index (χ4n) is 3.16. The molecule has 3 heterocycles. The largest absolute Gasteiger partial charge is 0.387 e. The highest BCUT2D eigenvalue weighted by molar-refractivity contribution is 7.18. The van der Waals surface area contributed by atoms with Crippen LogP contribution in [0.15, 0.2) is 42.9 Å². The van der Waals surface area contributed by atoms with E-state index in [1.54, 1.807) is 17.5 Å². The van der Waals surface area contributed by atoms with Crippen LogP contribution in [0.25, 0.3) is 21.3 Å². The molecule has 1 fully saturated rings. The molecule has 0 aliphatic carbocycles. The van der Waals surface area contributed by atoms with Crippen LogP contribution >= 0.6 is 36.2 Å². The number of β-amino-alcohol motifs (C(OH)–C–C–N with tert-alkyl or cyclic N) is 1. The molecule has 2 aromatic heterocycles. The number of aliphatic hydroxyl groups is 1. The zero-order valence-electron chi connectivity index (χ0n) is 14.4. The van der Waals surface area contributed by atoms with E-state index in [1.807, 2.05) is 29.1 Å². The first-order chi connectivity index (χ1) is 11.6. The van der Waals surface area contributed by atoms with Crippen molar-refractivity contribution in [3.05, 3.63) is 48.4 Å². The molecule has 1 atom stereocenters. The second kappa shape index (κ2) is 8.50. The van der Waals surface area contributed by atoms with Crippen LogP contribution in [0.1, 0.15) is 12.0 Å².